The van der Waals surface area contributed by atoms with E-state index < -0.39 is 0 Å². The van der Waals surface area contributed by atoms with Crippen LogP contribution in [0.25, 0.3) is 0 Å². The number of halogens is 1. The number of ether oxygens (including phenoxy) is 1. The zero-order chi connectivity index (χ0) is 21.5. The molecule has 0 aliphatic carbocycles. The van der Waals surface area contributed by atoms with Gasteiger partial charge in [0.05, 0.1) is 22.2 Å². The Morgan fingerprint density at radius 1 is 1.03 bits per heavy atom. The molecular formula is C23H18ClN3O3. The number of carbonyl (C=O) groups is 2. The quantitative estimate of drug-likeness (QED) is 0.619. The third kappa shape index (κ3) is 4.96. The van der Waals surface area contributed by atoms with E-state index in [-0.39, 0.29) is 24.0 Å². The molecule has 0 fully saturated rings. The molecule has 0 unspecified atom stereocenters. The van der Waals surface area contributed by atoms with Crippen LogP contribution in [0.4, 0.5) is 5.69 Å². The van der Waals surface area contributed by atoms with Gasteiger partial charge in [-0.2, -0.15) is 5.26 Å². The van der Waals surface area contributed by atoms with E-state index in [0.717, 1.165) is 5.56 Å². The van der Waals surface area contributed by atoms with Crippen molar-refractivity contribution in [2.75, 3.05) is 12.4 Å². The van der Waals surface area contributed by atoms with Crippen LogP contribution in [0.15, 0.2) is 66.7 Å². The number of hydrogen-bond acceptors (Lipinski definition) is 4. The van der Waals surface area contributed by atoms with Crippen LogP contribution in [0.5, 0.6) is 5.75 Å². The average molecular weight is 420 g/mol. The summed E-state index contributed by atoms with van der Waals surface area (Å²) in [6, 6.07) is 20.7. The highest BCUT2D eigenvalue weighted by Crippen LogP contribution is 2.22. The molecule has 3 rings (SSSR count). The molecular weight excluding hydrogens is 402 g/mol. The number of anilines is 1. The van der Waals surface area contributed by atoms with E-state index in [0.29, 0.717) is 27.6 Å². The highest BCUT2D eigenvalue weighted by Gasteiger charge is 2.12. The number of nitrogens with zero attached hydrogens (tertiary/aromatic N) is 1. The lowest BCUT2D eigenvalue weighted by molar-refractivity contribution is 0.0961. The molecule has 150 valence electrons. The average Bonchev–Trinajstić information content (AvgIpc) is 2.78. The Bertz CT molecular complexity index is 1140. The number of carbonyl (C=O) groups excluding carboxylic acids is 2. The van der Waals surface area contributed by atoms with Crippen LogP contribution in [0.1, 0.15) is 31.8 Å². The summed E-state index contributed by atoms with van der Waals surface area (Å²) in [5.41, 5.74) is 2.40. The second kappa shape index (κ2) is 9.59. The van der Waals surface area contributed by atoms with Crippen molar-refractivity contribution in [2.24, 2.45) is 0 Å². The molecule has 0 saturated heterocycles. The van der Waals surface area contributed by atoms with Crippen LogP contribution in [0, 0.1) is 11.3 Å². The zero-order valence-corrected chi connectivity index (χ0v) is 16.9. The number of nitrogens with one attached hydrogen (secondary N) is 2. The first-order valence-electron chi connectivity index (χ1n) is 9.05. The smallest absolute Gasteiger partial charge is 0.255 e. The predicted molar refractivity (Wildman–Crippen MR) is 115 cm³/mol. The summed E-state index contributed by atoms with van der Waals surface area (Å²) in [6.45, 7) is 0.210. The molecule has 0 aliphatic heterocycles. The molecule has 2 amide bonds. The molecule has 3 aromatic carbocycles. The molecule has 3 aromatic rings. The molecule has 0 aliphatic rings. The molecule has 6 nitrogen and oxygen atoms in total. The van der Waals surface area contributed by atoms with Crippen molar-refractivity contribution in [2.45, 2.75) is 6.61 Å². The Morgan fingerprint density at radius 3 is 2.60 bits per heavy atom. The molecule has 30 heavy (non-hydrogen) atoms. The van der Waals surface area contributed by atoms with E-state index >= 15 is 0 Å². The van der Waals surface area contributed by atoms with Crippen molar-refractivity contribution in [3.8, 4) is 11.8 Å². The van der Waals surface area contributed by atoms with Crippen LogP contribution >= 0.6 is 11.6 Å². The first-order chi connectivity index (χ1) is 14.5. The summed E-state index contributed by atoms with van der Waals surface area (Å²) in [4.78, 5) is 24.5. The highest BCUT2D eigenvalue weighted by atomic mass is 35.5. The van der Waals surface area contributed by atoms with E-state index in [9.17, 15) is 9.59 Å². The number of nitriles is 1. The second-order valence-electron chi connectivity index (χ2n) is 6.31. The van der Waals surface area contributed by atoms with Crippen molar-refractivity contribution in [3.05, 3.63) is 94.0 Å². The molecule has 0 saturated carbocycles. The fourth-order valence-corrected chi connectivity index (χ4v) is 2.96. The van der Waals surface area contributed by atoms with E-state index in [1.807, 2.05) is 12.1 Å². The Balaban J connectivity index is 1.72. The Kier molecular flexibility index (Phi) is 6.68. The fourth-order valence-electron chi connectivity index (χ4n) is 2.76. The minimum absolute atomic E-state index is 0.210. The predicted octanol–water partition coefficient (Wildman–Crippen LogP) is 4.40. The van der Waals surface area contributed by atoms with Crippen molar-refractivity contribution in [3.63, 3.8) is 0 Å². The Labute approximate surface area is 179 Å². The fraction of sp³-hybridized carbons (Fsp3) is 0.0870. The van der Waals surface area contributed by atoms with Crippen LogP contribution < -0.4 is 15.4 Å². The first kappa shape index (κ1) is 20.9. The normalized spacial score (nSPS) is 10.0. The van der Waals surface area contributed by atoms with E-state index in [4.69, 9.17) is 21.6 Å². The lowest BCUT2D eigenvalue weighted by Gasteiger charge is -2.11. The molecule has 0 spiro atoms. The van der Waals surface area contributed by atoms with Crippen LogP contribution in [0.3, 0.4) is 0 Å². The Morgan fingerprint density at radius 2 is 1.83 bits per heavy atom. The number of amides is 2. The maximum absolute atomic E-state index is 12.6. The summed E-state index contributed by atoms with van der Waals surface area (Å²) in [5, 5.41) is 14.7. The van der Waals surface area contributed by atoms with Gasteiger partial charge in [0.25, 0.3) is 11.8 Å². The van der Waals surface area contributed by atoms with Gasteiger partial charge in [-0.3, -0.25) is 9.59 Å². The van der Waals surface area contributed by atoms with Gasteiger partial charge in [-0.05, 0) is 42.5 Å². The topological polar surface area (TPSA) is 91.2 Å². The van der Waals surface area contributed by atoms with Gasteiger partial charge in [-0.25, -0.2) is 0 Å². The summed E-state index contributed by atoms with van der Waals surface area (Å²) >= 11 is 6.04. The van der Waals surface area contributed by atoms with Gasteiger partial charge in [-0.15, -0.1) is 0 Å². The van der Waals surface area contributed by atoms with Crippen molar-refractivity contribution in [1.82, 2.24) is 5.32 Å². The van der Waals surface area contributed by atoms with E-state index in [2.05, 4.69) is 16.7 Å². The third-order valence-corrected chi connectivity index (χ3v) is 4.65. The van der Waals surface area contributed by atoms with Gasteiger partial charge in [0.1, 0.15) is 12.4 Å². The molecule has 0 heterocycles. The lowest BCUT2D eigenvalue weighted by Crippen LogP contribution is -2.19. The number of hydrogen-bond donors (Lipinski definition) is 2. The first-order valence-corrected chi connectivity index (χ1v) is 9.43. The summed E-state index contributed by atoms with van der Waals surface area (Å²) in [7, 11) is 1.50. The van der Waals surface area contributed by atoms with E-state index in [1.54, 1.807) is 48.5 Å². The van der Waals surface area contributed by atoms with Gasteiger partial charge in [0, 0.05) is 23.9 Å². The van der Waals surface area contributed by atoms with Crippen LogP contribution in [0.2, 0.25) is 5.02 Å². The largest absolute Gasteiger partial charge is 0.489 e. The van der Waals surface area contributed by atoms with Crippen molar-refractivity contribution >= 4 is 29.1 Å². The minimum Gasteiger partial charge on any atom is -0.489 e. The molecule has 2 N–H and O–H groups in total. The molecule has 0 atom stereocenters. The molecule has 7 heteroatoms. The van der Waals surface area contributed by atoms with E-state index in [1.165, 1.54) is 13.1 Å². The summed E-state index contributed by atoms with van der Waals surface area (Å²) in [6.07, 6.45) is 0. The molecule has 0 radical (unpaired) electrons. The van der Waals surface area contributed by atoms with Crippen molar-refractivity contribution in [1.29, 1.82) is 5.26 Å². The lowest BCUT2D eigenvalue weighted by atomic mass is 10.1. The maximum atomic E-state index is 12.6. The van der Waals surface area contributed by atoms with Gasteiger partial charge in [0.15, 0.2) is 0 Å². The van der Waals surface area contributed by atoms with Gasteiger partial charge in [-0.1, -0.05) is 35.9 Å². The minimum atomic E-state index is -0.358. The SMILES string of the molecule is CNC(=O)c1cc(NC(=O)c2cccc(OCc3ccccc3C#N)c2)ccc1Cl. The molecule has 0 aromatic heterocycles. The standard InChI is InChI=1S/C23H18ClN3O3/c1-26-23(29)20-12-18(9-10-21(20)24)27-22(28)15-7-4-8-19(11-15)30-14-17-6-3-2-5-16(17)13-25/h2-12H,14H2,1H3,(H,26,29)(H,27,28). The maximum Gasteiger partial charge on any atom is 0.255 e. The van der Waals surface area contributed by atoms with Crippen molar-refractivity contribution < 1.29 is 14.3 Å². The molecule has 0 bridgehead atoms. The zero-order valence-electron chi connectivity index (χ0n) is 16.1. The second-order valence-corrected chi connectivity index (χ2v) is 6.72. The third-order valence-electron chi connectivity index (χ3n) is 4.32. The monoisotopic (exact) mass is 419 g/mol. The van der Waals surface area contributed by atoms with Crippen LogP contribution in [-0.4, -0.2) is 18.9 Å². The summed E-state index contributed by atoms with van der Waals surface area (Å²) < 4.78 is 5.75. The number of benzene rings is 3. The van der Waals surface area contributed by atoms with Gasteiger partial charge in [0.2, 0.25) is 0 Å². The van der Waals surface area contributed by atoms with Crippen LogP contribution in [-0.2, 0) is 6.61 Å². The Hall–Kier alpha value is -3.82. The highest BCUT2D eigenvalue weighted by molar-refractivity contribution is 6.34. The summed E-state index contributed by atoms with van der Waals surface area (Å²) in [5.74, 6) is -0.204. The van der Waals surface area contributed by atoms with Gasteiger partial charge < -0.3 is 15.4 Å². The number of rotatable bonds is 6. The van der Waals surface area contributed by atoms with Gasteiger partial charge >= 0.3 is 0 Å².